The fraction of sp³-hybridized carbons (Fsp3) is 0.545. The van der Waals surface area contributed by atoms with Gasteiger partial charge in [0, 0.05) is 6.20 Å². The molecule has 2 rings (SSSR count). The maximum atomic E-state index is 12.3. The second-order valence-corrected chi connectivity index (χ2v) is 6.38. The topological polar surface area (TPSA) is 137 Å². The van der Waals surface area contributed by atoms with Crippen molar-refractivity contribution in [1.82, 2.24) is 4.98 Å². The van der Waals surface area contributed by atoms with Gasteiger partial charge < -0.3 is 25.2 Å². The lowest BCUT2D eigenvalue weighted by Gasteiger charge is -2.39. The molecule has 1 aliphatic rings. The first-order chi connectivity index (χ1) is 9.39. The molecule has 1 saturated heterocycles. The molecule has 1 aromatic heterocycles. The largest absolute Gasteiger partial charge is 0.394 e. The van der Waals surface area contributed by atoms with Crippen LogP contribution < -0.4 is 0 Å². The highest BCUT2D eigenvalue weighted by atomic mass is 32.2. The van der Waals surface area contributed by atoms with Crippen molar-refractivity contribution in [1.29, 1.82) is 0 Å². The van der Waals surface area contributed by atoms with E-state index in [0.29, 0.717) is 0 Å². The zero-order chi connectivity index (χ0) is 14.9. The molecule has 4 N–H and O–H groups in total. The summed E-state index contributed by atoms with van der Waals surface area (Å²) in [4.78, 5) is 3.67. The minimum absolute atomic E-state index is 0.329. The van der Waals surface area contributed by atoms with E-state index in [-0.39, 0.29) is 5.03 Å². The molecule has 1 fully saturated rings. The predicted molar refractivity (Wildman–Crippen MR) is 65.2 cm³/mol. The van der Waals surface area contributed by atoms with Gasteiger partial charge in [-0.3, -0.25) is 0 Å². The van der Waals surface area contributed by atoms with Gasteiger partial charge >= 0.3 is 0 Å². The summed E-state index contributed by atoms with van der Waals surface area (Å²) in [7, 11) is -4.18. The molecule has 8 nitrogen and oxygen atoms in total. The summed E-state index contributed by atoms with van der Waals surface area (Å²) >= 11 is 0. The molecule has 0 bridgehead atoms. The number of sulfone groups is 1. The van der Waals surface area contributed by atoms with Gasteiger partial charge in [0.15, 0.2) is 10.5 Å². The molecule has 0 spiro atoms. The molecule has 9 heteroatoms. The molecular formula is C11H15NO7S. The third kappa shape index (κ3) is 2.55. The Balaban J connectivity index is 2.36. The van der Waals surface area contributed by atoms with Gasteiger partial charge in [0.05, 0.1) is 6.61 Å². The zero-order valence-electron chi connectivity index (χ0n) is 10.3. The van der Waals surface area contributed by atoms with Crippen molar-refractivity contribution in [2.24, 2.45) is 0 Å². The number of rotatable bonds is 3. The standard InChI is InChI=1S/C11H15NO7S/c13-5-6-8(14)9(15)10(16)11(19-6)20(17,18)7-3-1-2-4-12-7/h1-4,6,8-11,13-16H,5H2/t6-,8-,9+,10-,11?/m1/s1. The molecule has 0 aliphatic carbocycles. The van der Waals surface area contributed by atoms with Gasteiger partial charge in [0.1, 0.15) is 24.4 Å². The highest BCUT2D eigenvalue weighted by Gasteiger charge is 2.49. The first-order valence-corrected chi connectivity index (χ1v) is 7.39. The Hall–Kier alpha value is -1.10. The predicted octanol–water partition coefficient (Wildman–Crippen LogP) is -2.34. The lowest BCUT2D eigenvalue weighted by molar-refractivity contribution is -0.207. The van der Waals surface area contributed by atoms with Crippen LogP contribution in [0.3, 0.4) is 0 Å². The molecule has 1 unspecified atom stereocenters. The van der Waals surface area contributed by atoms with Crippen LogP contribution in [0.2, 0.25) is 0 Å². The van der Waals surface area contributed by atoms with Crippen molar-refractivity contribution in [3.63, 3.8) is 0 Å². The Morgan fingerprint density at radius 3 is 2.40 bits per heavy atom. The van der Waals surface area contributed by atoms with Crippen LogP contribution in [0.15, 0.2) is 29.4 Å². The number of nitrogens with zero attached hydrogens (tertiary/aromatic N) is 1. The number of pyridine rings is 1. The van der Waals surface area contributed by atoms with Crippen LogP contribution in [-0.4, -0.2) is 70.3 Å². The summed E-state index contributed by atoms with van der Waals surface area (Å²) in [6, 6.07) is 4.19. The van der Waals surface area contributed by atoms with Crippen LogP contribution in [0.25, 0.3) is 0 Å². The lowest BCUT2D eigenvalue weighted by atomic mass is 10.0. The minimum Gasteiger partial charge on any atom is -0.394 e. The Labute approximate surface area is 115 Å². The van der Waals surface area contributed by atoms with Crippen LogP contribution in [0, 0.1) is 0 Å². The van der Waals surface area contributed by atoms with Crippen LogP contribution >= 0.6 is 0 Å². The van der Waals surface area contributed by atoms with Gasteiger partial charge in [-0.15, -0.1) is 0 Å². The molecule has 5 atom stereocenters. The van der Waals surface area contributed by atoms with Crippen LogP contribution in [0.5, 0.6) is 0 Å². The maximum absolute atomic E-state index is 12.3. The van der Waals surface area contributed by atoms with Crippen molar-refractivity contribution in [2.75, 3.05) is 6.61 Å². The Kier molecular flexibility index (Phi) is 4.37. The molecule has 1 aliphatic heterocycles. The van der Waals surface area contributed by atoms with Crippen molar-refractivity contribution in [3.05, 3.63) is 24.4 Å². The van der Waals surface area contributed by atoms with Crippen molar-refractivity contribution in [2.45, 2.75) is 34.9 Å². The number of hydrogen-bond donors (Lipinski definition) is 4. The van der Waals surface area contributed by atoms with Crippen molar-refractivity contribution in [3.8, 4) is 0 Å². The number of aromatic nitrogens is 1. The maximum Gasteiger partial charge on any atom is 0.225 e. The Morgan fingerprint density at radius 1 is 1.15 bits per heavy atom. The zero-order valence-corrected chi connectivity index (χ0v) is 11.1. The fourth-order valence-electron chi connectivity index (χ4n) is 1.96. The Morgan fingerprint density at radius 2 is 1.85 bits per heavy atom. The van der Waals surface area contributed by atoms with E-state index in [1.54, 1.807) is 0 Å². The SMILES string of the molecule is O=S(=O)(c1ccccn1)C1O[C@H](CO)[C@@H](O)[C@H](O)[C@H]1O. The highest BCUT2D eigenvalue weighted by Crippen LogP contribution is 2.27. The third-order valence-corrected chi connectivity index (χ3v) is 4.91. The van der Waals surface area contributed by atoms with E-state index in [9.17, 15) is 23.7 Å². The third-order valence-electron chi connectivity index (χ3n) is 3.08. The quantitative estimate of drug-likeness (QED) is 0.487. The second kappa shape index (κ2) is 5.72. The summed E-state index contributed by atoms with van der Waals surface area (Å²) in [6.07, 6.45) is -5.22. The molecule has 0 aromatic carbocycles. The van der Waals surface area contributed by atoms with Gasteiger partial charge in [-0.1, -0.05) is 6.07 Å². The van der Waals surface area contributed by atoms with Gasteiger partial charge in [0.2, 0.25) is 9.84 Å². The van der Waals surface area contributed by atoms with Crippen LogP contribution in [0.1, 0.15) is 0 Å². The number of aliphatic hydroxyl groups is 4. The van der Waals surface area contributed by atoms with E-state index in [1.165, 1.54) is 24.4 Å². The van der Waals surface area contributed by atoms with E-state index >= 15 is 0 Å². The highest BCUT2D eigenvalue weighted by molar-refractivity contribution is 7.91. The molecule has 0 radical (unpaired) electrons. The average molecular weight is 305 g/mol. The van der Waals surface area contributed by atoms with Crippen LogP contribution in [-0.2, 0) is 14.6 Å². The molecule has 20 heavy (non-hydrogen) atoms. The molecule has 112 valence electrons. The van der Waals surface area contributed by atoms with E-state index < -0.39 is 46.3 Å². The van der Waals surface area contributed by atoms with Gasteiger partial charge in [-0.2, -0.15) is 0 Å². The normalized spacial score (nSPS) is 34.9. The number of aliphatic hydroxyl groups excluding tert-OH is 4. The first-order valence-electron chi connectivity index (χ1n) is 5.85. The van der Waals surface area contributed by atoms with Gasteiger partial charge in [-0.05, 0) is 12.1 Å². The first kappa shape index (κ1) is 15.3. The summed E-state index contributed by atoms with van der Waals surface area (Å²) in [5, 5.41) is 37.7. The van der Waals surface area contributed by atoms with E-state index in [1.807, 2.05) is 0 Å². The van der Waals surface area contributed by atoms with Gasteiger partial charge in [0.25, 0.3) is 0 Å². The molecule has 0 saturated carbocycles. The van der Waals surface area contributed by atoms with Crippen LogP contribution in [0.4, 0.5) is 0 Å². The van der Waals surface area contributed by atoms with E-state index in [4.69, 9.17) is 9.84 Å². The lowest BCUT2D eigenvalue weighted by Crippen LogP contribution is -2.60. The van der Waals surface area contributed by atoms with E-state index in [0.717, 1.165) is 0 Å². The molecule has 0 amide bonds. The smallest absolute Gasteiger partial charge is 0.225 e. The minimum atomic E-state index is -4.18. The summed E-state index contributed by atoms with van der Waals surface area (Å²) in [5.74, 6) is 0. The number of ether oxygens (including phenoxy) is 1. The number of hydrogen-bond acceptors (Lipinski definition) is 8. The monoisotopic (exact) mass is 305 g/mol. The van der Waals surface area contributed by atoms with Gasteiger partial charge in [-0.25, -0.2) is 13.4 Å². The average Bonchev–Trinajstić information content (AvgIpc) is 2.46. The molecule has 1 aromatic rings. The fourth-order valence-corrected chi connectivity index (χ4v) is 3.49. The molecule has 2 heterocycles. The molecular weight excluding hydrogens is 290 g/mol. The summed E-state index contributed by atoms with van der Waals surface area (Å²) in [6.45, 7) is -0.695. The summed E-state index contributed by atoms with van der Waals surface area (Å²) in [5.41, 5.74) is -1.81. The van der Waals surface area contributed by atoms with Crippen molar-refractivity contribution >= 4 is 9.84 Å². The Bertz CT molecular complexity index is 547. The summed E-state index contributed by atoms with van der Waals surface area (Å²) < 4.78 is 29.6. The van der Waals surface area contributed by atoms with E-state index in [2.05, 4.69) is 4.98 Å². The van der Waals surface area contributed by atoms with Crippen molar-refractivity contribution < 1.29 is 33.6 Å². The second-order valence-electron chi connectivity index (χ2n) is 4.41.